The van der Waals surface area contributed by atoms with Gasteiger partial charge in [0.1, 0.15) is 11.5 Å². The van der Waals surface area contributed by atoms with Gasteiger partial charge < -0.3 is 11.1 Å². The molecule has 0 radical (unpaired) electrons. The van der Waals surface area contributed by atoms with Crippen molar-refractivity contribution in [2.24, 2.45) is 11.3 Å². The number of nitrogens with one attached hydrogen (secondary N) is 1. The van der Waals surface area contributed by atoms with E-state index in [4.69, 9.17) is 5.73 Å². The summed E-state index contributed by atoms with van der Waals surface area (Å²) in [5.74, 6) is 0.826. The minimum absolute atomic E-state index is 0. The Morgan fingerprint density at radius 3 is 2.76 bits per heavy atom. The maximum Gasteiger partial charge on any atom is 0.269 e. The molecule has 0 saturated heterocycles. The van der Waals surface area contributed by atoms with Crippen LogP contribution in [0.3, 0.4) is 0 Å². The Morgan fingerprint density at radius 2 is 2.24 bits per heavy atom. The van der Waals surface area contributed by atoms with Crippen LogP contribution in [0.15, 0.2) is 18.2 Å². The number of nitrogens with two attached hydrogens (primary N) is 1. The van der Waals surface area contributed by atoms with E-state index in [2.05, 4.69) is 24.1 Å². The van der Waals surface area contributed by atoms with Crippen molar-refractivity contribution < 1.29 is 4.79 Å². The Labute approximate surface area is 107 Å². The number of amides is 1. The van der Waals surface area contributed by atoms with Gasteiger partial charge >= 0.3 is 0 Å². The second-order valence-corrected chi connectivity index (χ2v) is 5.05. The van der Waals surface area contributed by atoms with Crippen LogP contribution in [0.25, 0.3) is 0 Å². The third-order valence-corrected chi connectivity index (χ3v) is 3.23. The summed E-state index contributed by atoms with van der Waals surface area (Å²) >= 11 is 0. The monoisotopic (exact) mass is 255 g/mol. The van der Waals surface area contributed by atoms with Gasteiger partial charge in [-0.15, -0.1) is 12.4 Å². The van der Waals surface area contributed by atoms with Crippen molar-refractivity contribution in [3.8, 4) is 0 Å². The smallest absolute Gasteiger partial charge is 0.269 e. The summed E-state index contributed by atoms with van der Waals surface area (Å²) in [6.07, 6.45) is 1.18. The number of nitrogens with zero attached hydrogens (tertiary/aromatic N) is 1. The summed E-state index contributed by atoms with van der Waals surface area (Å²) in [6, 6.07) is 5.07. The van der Waals surface area contributed by atoms with Crippen molar-refractivity contribution in [2.45, 2.75) is 20.3 Å². The number of rotatable bonds is 3. The number of carbonyl (C=O) groups excluding carboxylic acids is 1. The highest BCUT2D eigenvalue weighted by Crippen LogP contribution is 2.50. The molecule has 1 saturated carbocycles. The topological polar surface area (TPSA) is 68.0 Å². The van der Waals surface area contributed by atoms with E-state index >= 15 is 0 Å². The summed E-state index contributed by atoms with van der Waals surface area (Å²) in [7, 11) is 0. The van der Waals surface area contributed by atoms with Crippen molar-refractivity contribution in [1.29, 1.82) is 0 Å². The highest BCUT2D eigenvalue weighted by molar-refractivity contribution is 5.92. The van der Waals surface area contributed by atoms with E-state index in [1.54, 1.807) is 18.2 Å². The lowest BCUT2D eigenvalue weighted by Crippen LogP contribution is -2.27. The van der Waals surface area contributed by atoms with Crippen LogP contribution in [0.1, 0.15) is 30.8 Å². The molecule has 0 aliphatic heterocycles. The quantitative estimate of drug-likeness (QED) is 0.866. The van der Waals surface area contributed by atoms with Gasteiger partial charge in [-0.3, -0.25) is 4.79 Å². The number of hydrogen-bond donors (Lipinski definition) is 2. The fourth-order valence-electron chi connectivity index (χ4n) is 1.81. The van der Waals surface area contributed by atoms with Gasteiger partial charge in [-0.1, -0.05) is 19.9 Å². The van der Waals surface area contributed by atoms with Gasteiger partial charge in [-0.05, 0) is 29.9 Å². The molecule has 1 fully saturated rings. The van der Waals surface area contributed by atoms with E-state index in [-0.39, 0.29) is 18.3 Å². The normalized spacial score (nSPS) is 20.2. The first-order valence-electron chi connectivity index (χ1n) is 5.50. The Morgan fingerprint density at radius 1 is 1.59 bits per heavy atom. The fourth-order valence-corrected chi connectivity index (χ4v) is 1.81. The van der Waals surface area contributed by atoms with Gasteiger partial charge in [-0.2, -0.15) is 0 Å². The predicted molar refractivity (Wildman–Crippen MR) is 70.1 cm³/mol. The summed E-state index contributed by atoms with van der Waals surface area (Å²) in [6.45, 7) is 5.15. The molecule has 1 atom stereocenters. The Hall–Kier alpha value is -1.29. The molecule has 1 heterocycles. The molecule has 1 aliphatic carbocycles. The zero-order valence-electron chi connectivity index (χ0n) is 10.1. The van der Waals surface area contributed by atoms with Crippen LogP contribution >= 0.6 is 12.4 Å². The molecule has 1 aromatic rings. The number of aromatic nitrogens is 1. The van der Waals surface area contributed by atoms with Crippen LogP contribution in [0.5, 0.6) is 0 Å². The molecule has 1 amide bonds. The Kier molecular flexibility index (Phi) is 3.98. The van der Waals surface area contributed by atoms with Crippen molar-refractivity contribution in [1.82, 2.24) is 10.3 Å². The van der Waals surface area contributed by atoms with Gasteiger partial charge in [0.2, 0.25) is 0 Å². The molecule has 17 heavy (non-hydrogen) atoms. The van der Waals surface area contributed by atoms with Crippen LogP contribution in [0.4, 0.5) is 5.82 Å². The summed E-state index contributed by atoms with van der Waals surface area (Å²) < 4.78 is 0. The minimum atomic E-state index is -0.144. The zero-order chi connectivity index (χ0) is 11.8. The predicted octanol–water partition coefficient (Wildman–Crippen LogP) is 1.86. The molecular weight excluding hydrogens is 238 g/mol. The number of pyridine rings is 1. The minimum Gasteiger partial charge on any atom is -0.384 e. The number of carbonyl (C=O) groups is 1. The molecule has 5 heteroatoms. The van der Waals surface area contributed by atoms with Crippen molar-refractivity contribution in [3.05, 3.63) is 23.9 Å². The first kappa shape index (κ1) is 13.8. The highest BCUT2D eigenvalue weighted by Gasteiger charge is 2.45. The standard InChI is InChI=1S/C12H17N3O.ClH/c1-12(2)6-8(12)7-14-11(16)9-4-3-5-10(13)15-9;/h3-5,8H,6-7H2,1-2H3,(H2,13,15)(H,14,16);1H. The highest BCUT2D eigenvalue weighted by atomic mass is 35.5. The third-order valence-electron chi connectivity index (χ3n) is 3.23. The summed E-state index contributed by atoms with van der Waals surface area (Å²) in [5, 5.41) is 2.89. The molecule has 0 aromatic carbocycles. The van der Waals surface area contributed by atoms with Crippen molar-refractivity contribution >= 4 is 24.1 Å². The van der Waals surface area contributed by atoms with Crippen molar-refractivity contribution in [2.75, 3.05) is 12.3 Å². The third kappa shape index (κ3) is 3.33. The second kappa shape index (κ2) is 4.92. The molecule has 0 bridgehead atoms. The summed E-state index contributed by atoms with van der Waals surface area (Å²) in [5.41, 5.74) is 6.29. The number of halogens is 1. The average Bonchev–Trinajstić information content (AvgIpc) is 2.83. The maximum atomic E-state index is 11.7. The molecule has 94 valence electrons. The van der Waals surface area contributed by atoms with Crippen LogP contribution < -0.4 is 11.1 Å². The van der Waals surface area contributed by atoms with E-state index in [0.29, 0.717) is 22.8 Å². The number of nitrogen functional groups attached to an aromatic ring is 1. The molecule has 3 N–H and O–H groups in total. The van der Waals surface area contributed by atoms with E-state index in [1.807, 2.05) is 0 Å². The number of anilines is 1. The average molecular weight is 256 g/mol. The van der Waals surface area contributed by atoms with Gasteiger partial charge in [0.05, 0.1) is 0 Å². The molecular formula is C12H18ClN3O. The van der Waals surface area contributed by atoms with Crippen LogP contribution in [-0.4, -0.2) is 17.4 Å². The van der Waals surface area contributed by atoms with E-state index in [9.17, 15) is 4.79 Å². The zero-order valence-corrected chi connectivity index (χ0v) is 10.9. The Bertz CT molecular complexity index is 420. The first-order valence-corrected chi connectivity index (χ1v) is 5.50. The SMILES string of the molecule is CC1(C)CC1CNC(=O)c1cccc(N)n1.Cl. The molecule has 1 unspecified atom stereocenters. The first-order chi connectivity index (χ1) is 7.49. The lowest BCUT2D eigenvalue weighted by Gasteiger charge is -2.06. The molecule has 2 rings (SSSR count). The van der Waals surface area contributed by atoms with Gasteiger partial charge in [-0.25, -0.2) is 4.98 Å². The van der Waals surface area contributed by atoms with Crippen LogP contribution in [0.2, 0.25) is 0 Å². The van der Waals surface area contributed by atoms with E-state index in [1.165, 1.54) is 6.42 Å². The van der Waals surface area contributed by atoms with Crippen molar-refractivity contribution in [3.63, 3.8) is 0 Å². The van der Waals surface area contributed by atoms with Crippen LogP contribution in [-0.2, 0) is 0 Å². The molecule has 4 nitrogen and oxygen atoms in total. The van der Waals surface area contributed by atoms with Crippen LogP contribution in [0, 0.1) is 11.3 Å². The fraction of sp³-hybridized carbons (Fsp3) is 0.500. The summed E-state index contributed by atoms with van der Waals surface area (Å²) in [4.78, 5) is 15.7. The lowest BCUT2D eigenvalue weighted by molar-refractivity contribution is 0.0946. The van der Waals surface area contributed by atoms with Gasteiger partial charge in [0.15, 0.2) is 0 Å². The molecule has 0 spiro atoms. The van der Waals surface area contributed by atoms with Gasteiger partial charge in [0, 0.05) is 6.54 Å². The number of hydrogen-bond acceptors (Lipinski definition) is 3. The lowest BCUT2D eigenvalue weighted by atomic mass is 10.1. The largest absolute Gasteiger partial charge is 0.384 e. The van der Waals surface area contributed by atoms with Gasteiger partial charge in [0.25, 0.3) is 5.91 Å². The molecule has 1 aliphatic rings. The molecule has 1 aromatic heterocycles. The second-order valence-electron chi connectivity index (χ2n) is 5.05. The Balaban J connectivity index is 0.00000144. The maximum absolute atomic E-state index is 11.7. The van der Waals surface area contributed by atoms with E-state index < -0.39 is 0 Å². The van der Waals surface area contributed by atoms with E-state index in [0.717, 1.165) is 6.54 Å².